The Morgan fingerprint density at radius 3 is 2.69 bits per heavy atom. The van der Waals surface area contributed by atoms with Crippen LogP contribution in [0.3, 0.4) is 0 Å². The van der Waals surface area contributed by atoms with E-state index in [-0.39, 0.29) is 0 Å². The molecule has 1 aromatic heterocycles. The monoisotopic (exact) mass is 222 g/mol. The Labute approximate surface area is 96.5 Å². The largest absolute Gasteiger partial charge is 0.303 e. The molecule has 0 saturated carbocycles. The van der Waals surface area contributed by atoms with E-state index in [1.807, 2.05) is 12.1 Å². The first-order valence-corrected chi connectivity index (χ1v) is 6.07. The standard InChI is InChI=1S/C13H19FN2/c1-2-9-16-10-6-13(14,7-11-16)12-5-3-4-8-15-12/h3-5,8H,2,6-7,9-11H2,1H3. The van der Waals surface area contributed by atoms with Crippen molar-refractivity contribution in [1.82, 2.24) is 9.88 Å². The Bertz CT molecular complexity index is 318. The maximum absolute atomic E-state index is 14.6. The van der Waals surface area contributed by atoms with Gasteiger partial charge in [0.15, 0.2) is 5.67 Å². The minimum Gasteiger partial charge on any atom is -0.303 e. The molecule has 0 spiro atoms. The zero-order chi connectivity index (χ0) is 11.4. The van der Waals surface area contributed by atoms with Crippen LogP contribution in [0.4, 0.5) is 4.39 Å². The van der Waals surface area contributed by atoms with Crippen molar-refractivity contribution >= 4 is 0 Å². The maximum Gasteiger partial charge on any atom is 0.155 e. The smallest absolute Gasteiger partial charge is 0.155 e. The Morgan fingerprint density at radius 1 is 1.38 bits per heavy atom. The molecule has 1 fully saturated rings. The van der Waals surface area contributed by atoms with Crippen LogP contribution in [0.1, 0.15) is 31.9 Å². The molecule has 0 radical (unpaired) electrons. The first kappa shape index (κ1) is 11.5. The highest BCUT2D eigenvalue weighted by Gasteiger charge is 2.36. The van der Waals surface area contributed by atoms with E-state index in [1.54, 1.807) is 12.3 Å². The van der Waals surface area contributed by atoms with Gasteiger partial charge in [0.1, 0.15) is 0 Å². The van der Waals surface area contributed by atoms with Gasteiger partial charge < -0.3 is 4.90 Å². The van der Waals surface area contributed by atoms with Crippen LogP contribution in [0.5, 0.6) is 0 Å². The summed E-state index contributed by atoms with van der Waals surface area (Å²) in [6, 6.07) is 5.50. The summed E-state index contributed by atoms with van der Waals surface area (Å²) in [5.41, 5.74) is -0.600. The minimum absolute atomic E-state index is 0.573. The average molecular weight is 222 g/mol. The molecule has 0 aromatic carbocycles. The fraction of sp³-hybridized carbons (Fsp3) is 0.615. The molecule has 0 N–H and O–H groups in total. The number of pyridine rings is 1. The Hall–Kier alpha value is -0.960. The van der Waals surface area contributed by atoms with E-state index >= 15 is 0 Å². The third kappa shape index (κ3) is 2.40. The van der Waals surface area contributed by atoms with Gasteiger partial charge in [-0.25, -0.2) is 4.39 Å². The topological polar surface area (TPSA) is 16.1 Å². The zero-order valence-electron chi connectivity index (χ0n) is 9.82. The third-order valence-corrected chi connectivity index (χ3v) is 3.31. The molecule has 1 aliphatic rings. The number of hydrogen-bond donors (Lipinski definition) is 0. The summed E-state index contributed by atoms with van der Waals surface area (Å²) in [5.74, 6) is 0. The SMILES string of the molecule is CCCN1CCC(F)(c2ccccn2)CC1. The van der Waals surface area contributed by atoms with Crippen LogP contribution in [0, 0.1) is 0 Å². The number of piperidine rings is 1. The van der Waals surface area contributed by atoms with Gasteiger partial charge in [0.05, 0.1) is 5.69 Å². The fourth-order valence-electron chi connectivity index (χ4n) is 2.33. The molecule has 0 atom stereocenters. The van der Waals surface area contributed by atoms with Crippen molar-refractivity contribution in [2.45, 2.75) is 31.9 Å². The van der Waals surface area contributed by atoms with E-state index in [0.717, 1.165) is 26.1 Å². The summed E-state index contributed by atoms with van der Waals surface area (Å²) in [6.07, 6.45) is 3.96. The Morgan fingerprint density at radius 2 is 2.12 bits per heavy atom. The number of nitrogens with zero attached hydrogens (tertiary/aromatic N) is 2. The molecular weight excluding hydrogens is 203 g/mol. The molecule has 1 aliphatic heterocycles. The zero-order valence-corrected chi connectivity index (χ0v) is 9.82. The summed E-state index contributed by atoms with van der Waals surface area (Å²) in [5, 5.41) is 0. The van der Waals surface area contributed by atoms with E-state index < -0.39 is 5.67 Å². The number of aromatic nitrogens is 1. The molecule has 88 valence electrons. The van der Waals surface area contributed by atoms with Crippen molar-refractivity contribution < 1.29 is 4.39 Å². The predicted octanol–water partition coefficient (Wildman–Crippen LogP) is 2.75. The minimum atomic E-state index is -1.20. The normalized spacial score (nSPS) is 20.9. The highest BCUT2D eigenvalue weighted by Crippen LogP contribution is 2.35. The molecule has 16 heavy (non-hydrogen) atoms. The summed E-state index contributed by atoms with van der Waals surface area (Å²) in [4.78, 5) is 6.49. The lowest BCUT2D eigenvalue weighted by Crippen LogP contribution is -2.40. The number of rotatable bonds is 3. The lowest BCUT2D eigenvalue weighted by molar-refractivity contribution is 0.0524. The first-order valence-electron chi connectivity index (χ1n) is 6.07. The molecule has 1 saturated heterocycles. The summed E-state index contributed by atoms with van der Waals surface area (Å²) in [7, 11) is 0. The number of halogens is 1. The van der Waals surface area contributed by atoms with Crippen LogP contribution < -0.4 is 0 Å². The van der Waals surface area contributed by atoms with Gasteiger partial charge in [0.25, 0.3) is 0 Å². The molecule has 0 unspecified atom stereocenters. The summed E-state index contributed by atoms with van der Waals surface area (Å²) in [6.45, 7) is 4.94. The van der Waals surface area contributed by atoms with Crippen molar-refractivity contribution in [2.24, 2.45) is 0 Å². The van der Waals surface area contributed by atoms with Gasteiger partial charge in [0.2, 0.25) is 0 Å². The van der Waals surface area contributed by atoms with Gasteiger partial charge in [-0.2, -0.15) is 0 Å². The molecule has 0 bridgehead atoms. The summed E-state index contributed by atoms with van der Waals surface area (Å²) >= 11 is 0. The van der Waals surface area contributed by atoms with E-state index in [9.17, 15) is 4.39 Å². The lowest BCUT2D eigenvalue weighted by atomic mass is 9.89. The summed E-state index contributed by atoms with van der Waals surface area (Å²) < 4.78 is 14.6. The van der Waals surface area contributed by atoms with Crippen LogP contribution in [-0.2, 0) is 5.67 Å². The second kappa shape index (κ2) is 4.91. The van der Waals surface area contributed by atoms with Gasteiger partial charge in [0, 0.05) is 19.3 Å². The lowest BCUT2D eigenvalue weighted by Gasteiger charge is -2.35. The highest BCUT2D eigenvalue weighted by atomic mass is 19.1. The first-order chi connectivity index (χ1) is 7.74. The van der Waals surface area contributed by atoms with Crippen LogP contribution in [0.2, 0.25) is 0 Å². The predicted molar refractivity (Wildman–Crippen MR) is 63.0 cm³/mol. The Kier molecular flexibility index (Phi) is 3.54. The molecule has 2 heterocycles. The second-order valence-corrected chi connectivity index (χ2v) is 4.52. The van der Waals surface area contributed by atoms with Gasteiger partial charge in [-0.15, -0.1) is 0 Å². The fourth-order valence-corrected chi connectivity index (χ4v) is 2.33. The molecule has 0 amide bonds. The molecular formula is C13H19FN2. The van der Waals surface area contributed by atoms with E-state index in [0.29, 0.717) is 18.5 Å². The van der Waals surface area contributed by atoms with Crippen LogP contribution in [0.15, 0.2) is 24.4 Å². The van der Waals surface area contributed by atoms with E-state index in [1.165, 1.54) is 0 Å². The number of alkyl halides is 1. The van der Waals surface area contributed by atoms with Gasteiger partial charge >= 0.3 is 0 Å². The molecule has 2 rings (SSSR count). The quantitative estimate of drug-likeness (QED) is 0.781. The Balaban J connectivity index is 2.01. The van der Waals surface area contributed by atoms with Crippen LogP contribution in [-0.4, -0.2) is 29.5 Å². The van der Waals surface area contributed by atoms with Crippen molar-refractivity contribution in [3.8, 4) is 0 Å². The van der Waals surface area contributed by atoms with Crippen molar-refractivity contribution in [3.63, 3.8) is 0 Å². The van der Waals surface area contributed by atoms with Crippen molar-refractivity contribution in [2.75, 3.05) is 19.6 Å². The van der Waals surface area contributed by atoms with Crippen molar-refractivity contribution in [3.05, 3.63) is 30.1 Å². The molecule has 2 nitrogen and oxygen atoms in total. The van der Waals surface area contributed by atoms with Gasteiger partial charge in [-0.3, -0.25) is 4.98 Å². The highest BCUT2D eigenvalue weighted by molar-refractivity contribution is 5.14. The molecule has 0 aliphatic carbocycles. The number of hydrogen-bond acceptors (Lipinski definition) is 2. The van der Waals surface area contributed by atoms with Crippen LogP contribution in [0.25, 0.3) is 0 Å². The van der Waals surface area contributed by atoms with Crippen molar-refractivity contribution in [1.29, 1.82) is 0 Å². The average Bonchev–Trinajstić information content (AvgIpc) is 2.34. The third-order valence-electron chi connectivity index (χ3n) is 3.31. The maximum atomic E-state index is 14.6. The number of likely N-dealkylation sites (tertiary alicyclic amines) is 1. The molecule has 1 aromatic rings. The van der Waals surface area contributed by atoms with E-state index in [2.05, 4.69) is 16.8 Å². The molecule has 3 heteroatoms. The van der Waals surface area contributed by atoms with Gasteiger partial charge in [-0.05, 0) is 37.9 Å². The van der Waals surface area contributed by atoms with Crippen LogP contribution >= 0.6 is 0 Å². The second-order valence-electron chi connectivity index (χ2n) is 4.52. The van der Waals surface area contributed by atoms with E-state index in [4.69, 9.17) is 0 Å². The van der Waals surface area contributed by atoms with Gasteiger partial charge in [-0.1, -0.05) is 13.0 Å².